The van der Waals surface area contributed by atoms with E-state index in [-0.39, 0.29) is 17.6 Å². The fourth-order valence-corrected chi connectivity index (χ4v) is 4.21. The summed E-state index contributed by atoms with van der Waals surface area (Å²) in [7, 11) is 0. The number of halogens is 1. The van der Waals surface area contributed by atoms with Crippen LogP contribution in [0, 0.1) is 5.82 Å². The number of carbonyl (C=O) groups excluding carboxylic acids is 1. The van der Waals surface area contributed by atoms with Crippen molar-refractivity contribution in [3.8, 4) is 0 Å². The highest BCUT2D eigenvalue weighted by molar-refractivity contribution is 8.00. The molecule has 1 amide bonds. The largest absolute Gasteiger partial charge is 0.300 e. The minimum atomic E-state index is -0.247. The van der Waals surface area contributed by atoms with Crippen LogP contribution in [-0.2, 0) is 10.5 Å². The van der Waals surface area contributed by atoms with Gasteiger partial charge in [-0.3, -0.25) is 10.1 Å². The van der Waals surface area contributed by atoms with Crippen molar-refractivity contribution in [3.05, 3.63) is 71.5 Å². The molecule has 0 saturated carbocycles. The molecule has 3 rings (SSSR count). The molecule has 0 radical (unpaired) electrons. The summed E-state index contributed by atoms with van der Waals surface area (Å²) >= 11 is 2.85. The summed E-state index contributed by atoms with van der Waals surface area (Å²) in [5, 5.41) is 11.5. The van der Waals surface area contributed by atoms with Crippen LogP contribution in [0.25, 0.3) is 0 Å². The molecule has 0 aliphatic rings. The maximum Gasteiger partial charge on any atom is 0.233 e. The molecule has 0 saturated heterocycles. The number of nitrogens with one attached hydrogen (secondary N) is 1. The van der Waals surface area contributed by atoms with Crippen molar-refractivity contribution < 1.29 is 9.18 Å². The lowest BCUT2D eigenvalue weighted by Gasteiger charge is -2.13. The molecule has 1 N–H and O–H groups in total. The van der Waals surface area contributed by atoms with E-state index in [1.54, 1.807) is 12.1 Å². The third kappa shape index (κ3) is 4.89. The second kappa shape index (κ2) is 8.91. The van der Waals surface area contributed by atoms with Crippen LogP contribution in [0.4, 0.5) is 9.52 Å². The molecule has 0 fully saturated rings. The normalized spacial score (nSPS) is 11.9. The highest BCUT2D eigenvalue weighted by Crippen LogP contribution is 2.29. The van der Waals surface area contributed by atoms with Gasteiger partial charge in [-0.15, -0.1) is 10.2 Å². The van der Waals surface area contributed by atoms with Crippen LogP contribution in [0.5, 0.6) is 0 Å². The predicted octanol–water partition coefficient (Wildman–Crippen LogP) is 5.10. The Bertz CT molecular complexity index is 853. The maximum atomic E-state index is 12.9. The monoisotopic (exact) mass is 387 g/mol. The Labute approximate surface area is 159 Å². The number of thioether (sulfide) groups is 1. The standard InChI is InChI=1S/C19H18FN3OS2/c1-2-16(14-6-4-3-5-7-14)17(24)21-18-22-23-19(26-18)25-12-13-8-10-15(20)11-9-13/h3-11,16H,2,12H2,1H3,(H,21,22,24)/t16-/m0/s1. The molecule has 1 aromatic heterocycles. The molecule has 0 bridgehead atoms. The van der Waals surface area contributed by atoms with Crippen LogP contribution in [-0.4, -0.2) is 16.1 Å². The van der Waals surface area contributed by atoms with Crippen LogP contribution in [0.2, 0.25) is 0 Å². The van der Waals surface area contributed by atoms with E-state index in [1.165, 1.54) is 35.2 Å². The van der Waals surface area contributed by atoms with Gasteiger partial charge >= 0.3 is 0 Å². The minimum Gasteiger partial charge on any atom is -0.300 e. The molecule has 1 atom stereocenters. The molecule has 0 spiro atoms. The molecule has 7 heteroatoms. The highest BCUT2D eigenvalue weighted by Gasteiger charge is 2.20. The number of benzene rings is 2. The van der Waals surface area contributed by atoms with E-state index in [2.05, 4.69) is 15.5 Å². The van der Waals surface area contributed by atoms with Crippen molar-refractivity contribution >= 4 is 34.1 Å². The number of aromatic nitrogens is 2. The van der Waals surface area contributed by atoms with Gasteiger partial charge in [-0.2, -0.15) is 0 Å². The Balaban J connectivity index is 1.59. The molecule has 4 nitrogen and oxygen atoms in total. The van der Waals surface area contributed by atoms with E-state index < -0.39 is 0 Å². The van der Waals surface area contributed by atoms with E-state index in [0.717, 1.165) is 15.5 Å². The van der Waals surface area contributed by atoms with Gasteiger partial charge in [-0.25, -0.2) is 4.39 Å². The lowest BCUT2D eigenvalue weighted by atomic mass is 9.96. The van der Waals surface area contributed by atoms with E-state index in [1.807, 2.05) is 37.3 Å². The fraction of sp³-hybridized carbons (Fsp3) is 0.211. The summed E-state index contributed by atoms with van der Waals surface area (Å²) in [5.74, 6) is 0.133. The molecule has 26 heavy (non-hydrogen) atoms. The Morgan fingerprint density at radius 2 is 1.88 bits per heavy atom. The zero-order valence-corrected chi connectivity index (χ0v) is 15.8. The Morgan fingerprint density at radius 1 is 1.15 bits per heavy atom. The van der Waals surface area contributed by atoms with E-state index >= 15 is 0 Å². The Hall–Kier alpha value is -2.25. The van der Waals surface area contributed by atoms with Gasteiger partial charge in [0.05, 0.1) is 5.92 Å². The minimum absolute atomic E-state index is 0.0788. The number of amides is 1. The average molecular weight is 388 g/mol. The first kappa shape index (κ1) is 18.5. The maximum absolute atomic E-state index is 12.9. The smallest absolute Gasteiger partial charge is 0.233 e. The number of hydrogen-bond acceptors (Lipinski definition) is 5. The van der Waals surface area contributed by atoms with Crippen molar-refractivity contribution in [1.29, 1.82) is 0 Å². The van der Waals surface area contributed by atoms with Crippen molar-refractivity contribution in [2.24, 2.45) is 0 Å². The summed E-state index contributed by atoms with van der Waals surface area (Å²) in [6, 6.07) is 16.1. The first-order chi connectivity index (χ1) is 12.7. The molecule has 0 aliphatic carbocycles. The van der Waals surface area contributed by atoms with E-state index in [4.69, 9.17) is 0 Å². The lowest BCUT2D eigenvalue weighted by molar-refractivity contribution is -0.117. The van der Waals surface area contributed by atoms with Gasteiger partial charge in [-0.1, -0.05) is 72.5 Å². The van der Waals surface area contributed by atoms with Gasteiger partial charge in [0, 0.05) is 5.75 Å². The summed E-state index contributed by atoms with van der Waals surface area (Å²) < 4.78 is 13.7. The van der Waals surface area contributed by atoms with Gasteiger partial charge in [0.1, 0.15) is 5.82 Å². The van der Waals surface area contributed by atoms with Crippen molar-refractivity contribution in [3.63, 3.8) is 0 Å². The van der Waals surface area contributed by atoms with Gasteiger partial charge in [-0.05, 0) is 29.7 Å². The quantitative estimate of drug-likeness (QED) is 0.452. The molecular formula is C19H18FN3OS2. The SMILES string of the molecule is CC[C@H](C(=O)Nc1nnc(SCc2ccc(F)cc2)s1)c1ccccc1. The van der Waals surface area contributed by atoms with E-state index in [0.29, 0.717) is 17.3 Å². The molecule has 3 aromatic rings. The average Bonchev–Trinajstić information content (AvgIpc) is 3.10. The van der Waals surface area contributed by atoms with Gasteiger partial charge in [0.2, 0.25) is 11.0 Å². The van der Waals surface area contributed by atoms with Crippen molar-refractivity contribution in [2.75, 3.05) is 5.32 Å². The van der Waals surface area contributed by atoms with Gasteiger partial charge < -0.3 is 0 Å². The molecule has 1 heterocycles. The molecule has 2 aromatic carbocycles. The van der Waals surface area contributed by atoms with Crippen LogP contribution in [0.15, 0.2) is 58.9 Å². The van der Waals surface area contributed by atoms with Crippen LogP contribution in [0.3, 0.4) is 0 Å². The van der Waals surface area contributed by atoms with Crippen molar-refractivity contribution in [2.45, 2.75) is 29.4 Å². The zero-order valence-electron chi connectivity index (χ0n) is 14.2. The Kier molecular flexibility index (Phi) is 6.35. The highest BCUT2D eigenvalue weighted by atomic mass is 32.2. The second-order valence-electron chi connectivity index (χ2n) is 5.65. The number of nitrogens with zero attached hydrogens (tertiary/aromatic N) is 2. The third-order valence-corrected chi connectivity index (χ3v) is 5.88. The Morgan fingerprint density at radius 3 is 2.58 bits per heavy atom. The fourth-order valence-electron chi connectivity index (χ4n) is 2.49. The first-order valence-corrected chi connectivity index (χ1v) is 10.0. The molecule has 0 unspecified atom stereocenters. The molecule has 134 valence electrons. The van der Waals surface area contributed by atoms with Crippen LogP contribution >= 0.6 is 23.1 Å². The molecular weight excluding hydrogens is 369 g/mol. The summed E-state index contributed by atoms with van der Waals surface area (Å²) in [5.41, 5.74) is 2.00. The molecule has 0 aliphatic heterocycles. The zero-order chi connectivity index (χ0) is 18.4. The lowest BCUT2D eigenvalue weighted by Crippen LogP contribution is -2.20. The first-order valence-electron chi connectivity index (χ1n) is 8.22. The number of carbonyl (C=O) groups is 1. The third-order valence-electron chi connectivity index (χ3n) is 3.84. The topological polar surface area (TPSA) is 54.9 Å². The number of rotatable bonds is 7. The second-order valence-corrected chi connectivity index (χ2v) is 7.85. The predicted molar refractivity (Wildman–Crippen MR) is 104 cm³/mol. The van der Waals surface area contributed by atoms with Crippen LogP contribution in [0.1, 0.15) is 30.4 Å². The van der Waals surface area contributed by atoms with Crippen molar-refractivity contribution in [1.82, 2.24) is 10.2 Å². The number of anilines is 1. The number of hydrogen-bond donors (Lipinski definition) is 1. The van der Waals surface area contributed by atoms with Gasteiger partial charge in [0.25, 0.3) is 0 Å². The van der Waals surface area contributed by atoms with E-state index in [9.17, 15) is 9.18 Å². The summed E-state index contributed by atoms with van der Waals surface area (Å²) in [6.07, 6.45) is 0.709. The van der Waals surface area contributed by atoms with Crippen LogP contribution < -0.4 is 5.32 Å². The van der Waals surface area contributed by atoms with Gasteiger partial charge in [0.15, 0.2) is 4.34 Å². The summed E-state index contributed by atoms with van der Waals surface area (Å²) in [4.78, 5) is 12.6. The summed E-state index contributed by atoms with van der Waals surface area (Å²) in [6.45, 7) is 1.99.